The van der Waals surface area contributed by atoms with E-state index in [4.69, 9.17) is 16.6 Å². The predicted octanol–water partition coefficient (Wildman–Crippen LogP) is 5.90. The molecular formula is C22H27Cl2N3OS. The Morgan fingerprint density at radius 2 is 1.79 bits per heavy atom. The van der Waals surface area contributed by atoms with Crippen molar-refractivity contribution in [3.05, 3.63) is 57.6 Å². The average molecular weight is 452 g/mol. The standard InChI is InChI=1S/C22H26ClN3OS.ClH/c1-14-7-8-18(15(2)11-14)21(27)26(10-6-9-25(4)5)22-24-20-16(3)12-17(23)13-19(20)28-22;/h7-8,11-13H,6,9-10H2,1-5H3;1H. The molecule has 0 saturated heterocycles. The Bertz CT molecular complexity index is 1020. The Hall–Kier alpha value is -1.66. The molecule has 3 rings (SSSR count). The highest BCUT2D eigenvalue weighted by molar-refractivity contribution is 7.22. The largest absolute Gasteiger partial charge is 0.309 e. The highest BCUT2D eigenvalue weighted by atomic mass is 35.5. The fraction of sp³-hybridized carbons (Fsp3) is 0.364. The summed E-state index contributed by atoms with van der Waals surface area (Å²) in [5, 5.41) is 1.42. The van der Waals surface area contributed by atoms with E-state index < -0.39 is 0 Å². The Morgan fingerprint density at radius 3 is 2.45 bits per heavy atom. The number of benzene rings is 2. The monoisotopic (exact) mass is 451 g/mol. The van der Waals surface area contributed by atoms with Gasteiger partial charge < -0.3 is 4.90 Å². The molecule has 0 unspecified atom stereocenters. The molecule has 0 bridgehead atoms. The van der Waals surface area contributed by atoms with Crippen molar-refractivity contribution in [2.75, 3.05) is 32.1 Å². The van der Waals surface area contributed by atoms with Gasteiger partial charge in [-0.3, -0.25) is 9.69 Å². The predicted molar refractivity (Wildman–Crippen MR) is 127 cm³/mol. The van der Waals surface area contributed by atoms with Crippen LogP contribution < -0.4 is 4.90 Å². The van der Waals surface area contributed by atoms with Gasteiger partial charge in [0, 0.05) is 17.1 Å². The van der Waals surface area contributed by atoms with E-state index in [0.29, 0.717) is 11.6 Å². The van der Waals surface area contributed by atoms with Gasteiger partial charge in [-0.25, -0.2) is 4.98 Å². The lowest BCUT2D eigenvalue weighted by Gasteiger charge is -2.22. The first-order valence-electron chi connectivity index (χ1n) is 9.37. The fourth-order valence-electron chi connectivity index (χ4n) is 3.29. The molecular weight excluding hydrogens is 425 g/mol. The van der Waals surface area contributed by atoms with Crippen LogP contribution in [-0.4, -0.2) is 43.0 Å². The van der Waals surface area contributed by atoms with Crippen LogP contribution in [0.5, 0.6) is 0 Å². The Morgan fingerprint density at radius 1 is 1.07 bits per heavy atom. The first-order valence-corrected chi connectivity index (χ1v) is 10.6. The topological polar surface area (TPSA) is 36.4 Å². The fourth-order valence-corrected chi connectivity index (χ4v) is 4.73. The molecule has 0 atom stereocenters. The van der Waals surface area contributed by atoms with E-state index in [9.17, 15) is 4.79 Å². The van der Waals surface area contributed by atoms with E-state index >= 15 is 0 Å². The summed E-state index contributed by atoms with van der Waals surface area (Å²) >= 11 is 7.74. The van der Waals surface area contributed by atoms with Crippen LogP contribution in [0.2, 0.25) is 5.02 Å². The smallest absolute Gasteiger partial charge is 0.260 e. The van der Waals surface area contributed by atoms with Crippen LogP contribution in [0, 0.1) is 20.8 Å². The molecule has 7 heteroatoms. The molecule has 2 aromatic carbocycles. The minimum Gasteiger partial charge on any atom is -0.309 e. The second-order valence-corrected chi connectivity index (χ2v) is 8.94. The van der Waals surface area contributed by atoms with Gasteiger partial charge in [-0.15, -0.1) is 12.4 Å². The van der Waals surface area contributed by atoms with Gasteiger partial charge in [-0.05, 0) is 77.2 Å². The highest BCUT2D eigenvalue weighted by Gasteiger charge is 2.23. The summed E-state index contributed by atoms with van der Waals surface area (Å²) in [5.74, 6) is -0.000868. The number of halogens is 2. The summed E-state index contributed by atoms with van der Waals surface area (Å²) in [5.41, 5.74) is 4.80. The number of aryl methyl sites for hydroxylation is 3. The molecule has 0 fully saturated rings. The number of rotatable bonds is 6. The summed E-state index contributed by atoms with van der Waals surface area (Å²) in [4.78, 5) is 22.2. The number of carbonyl (C=O) groups excluding carboxylic acids is 1. The minimum absolute atomic E-state index is 0. The lowest BCUT2D eigenvalue weighted by atomic mass is 10.0. The normalized spacial score (nSPS) is 11.0. The third-order valence-corrected chi connectivity index (χ3v) is 5.96. The van der Waals surface area contributed by atoms with E-state index in [0.717, 1.165) is 50.6 Å². The lowest BCUT2D eigenvalue weighted by Crippen LogP contribution is -2.33. The van der Waals surface area contributed by atoms with E-state index in [1.54, 1.807) is 0 Å². The lowest BCUT2D eigenvalue weighted by molar-refractivity contribution is 0.0985. The average Bonchev–Trinajstić information content (AvgIpc) is 3.02. The van der Waals surface area contributed by atoms with E-state index in [1.807, 2.05) is 70.1 Å². The number of hydrogen-bond acceptors (Lipinski definition) is 4. The Kier molecular flexibility index (Phi) is 8.06. The van der Waals surface area contributed by atoms with Gasteiger partial charge in [0.15, 0.2) is 5.13 Å². The summed E-state index contributed by atoms with van der Waals surface area (Å²) in [6.07, 6.45) is 0.874. The van der Waals surface area contributed by atoms with Gasteiger partial charge in [0.05, 0.1) is 10.2 Å². The van der Waals surface area contributed by atoms with Crippen LogP contribution in [0.4, 0.5) is 5.13 Å². The minimum atomic E-state index is -0.000868. The van der Waals surface area contributed by atoms with Gasteiger partial charge >= 0.3 is 0 Å². The molecule has 0 aliphatic rings. The number of fused-ring (bicyclic) bond motifs is 1. The third kappa shape index (κ3) is 5.48. The molecule has 3 aromatic rings. The molecule has 29 heavy (non-hydrogen) atoms. The SMILES string of the molecule is Cc1ccc(C(=O)N(CCCN(C)C)c2nc3c(C)cc(Cl)cc3s2)c(C)c1.Cl. The van der Waals surface area contributed by atoms with E-state index in [2.05, 4.69) is 4.90 Å². The van der Waals surface area contributed by atoms with Crippen molar-refractivity contribution in [2.24, 2.45) is 0 Å². The summed E-state index contributed by atoms with van der Waals surface area (Å²) in [7, 11) is 4.08. The van der Waals surface area contributed by atoms with Crippen molar-refractivity contribution >= 4 is 56.6 Å². The number of aromatic nitrogens is 1. The molecule has 0 aliphatic heterocycles. The van der Waals surface area contributed by atoms with Crippen molar-refractivity contribution in [3.8, 4) is 0 Å². The quantitative estimate of drug-likeness (QED) is 0.468. The van der Waals surface area contributed by atoms with Crippen LogP contribution >= 0.6 is 35.3 Å². The second-order valence-electron chi connectivity index (χ2n) is 7.50. The maximum absolute atomic E-state index is 13.4. The van der Waals surface area contributed by atoms with Crippen LogP contribution in [0.25, 0.3) is 10.2 Å². The number of amides is 1. The summed E-state index contributed by atoms with van der Waals surface area (Å²) in [6.45, 7) is 7.56. The molecule has 0 radical (unpaired) electrons. The van der Waals surface area contributed by atoms with Crippen LogP contribution in [0.3, 0.4) is 0 Å². The third-order valence-electron chi connectivity index (χ3n) is 4.71. The highest BCUT2D eigenvalue weighted by Crippen LogP contribution is 2.34. The van der Waals surface area contributed by atoms with Gasteiger partial charge in [-0.1, -0.05) is 40.6 Å². The first kappa shape index (κ1) is 23.6. The summed E-state index contributed by atoms with van der Waals surface area (Å²) in [6, 6.07) is 9.79. The van der Waals surface area contributed by atoms with Crippen molar-refractivity contribution in [3.63, 3.8) is 0 Å². The van der Waals surface area contributed by atoms with Crippen LogP contribution in [-0.2, 0) is 0 Å². The van der Waals surface area contributed by atoms with Crippen molar-refractivity contribution in [2.45, 2.75) is 27.2 Å². The molecule has 156 valence electrons. The van der Waals surface area contributed by atoms with Crippen LogP contribution in [0.1, 0.15) is 33.5 Å². The summed E-state index contributed by atoms with van der Waals surface area (Å²) < 4.78 is 1.01. The number of anilines is 1. The van der Waals surface area contributed by atoms with Crippen LogP contribution in [0.15, 0.2) is 30.3 Å². The number of hydrogen-bond donors (Lipinski definition) is 0. The Labute approximate surface area is 187 Å². The molecule has 0 spiro atoms. The van der Waals surface area contributed by atoms with E-state index in [1.165, 1.54) is 11.3 Å². The number of carbonyl (C=O) groups is 1. The van der Waals surface area contributed by atoms with Crippen molar-refractivity contribution in [1.29, 1.82) is 0 Å². The Balaban J connectivity index is 0.00000300. The zero-order chi connectivity index (χ0) is 20.4. The first-order chi connectivity index (χ1) is 13.3. The molecule has 1 amide bonds. The zero-order valence-electron chi connectivity index (χ0n) is 17.5. The molecule has 4 nitrogen and oxygen atoms in total. The zero-order valence-corrected chi connectivity index (χ0v) is 19.8. The molecule has 0 saturated carbocycles. The van der Waals surface area contributed by atoms with Crippen molar-refractivity contribution in [1.82, 2.24) is 9.88 Å². The molecule has 0 N–H and O–H groups in total. The van der Waals surface area contributed by atoms with Crippen molar-refractivity contribution < 1.29 is 4.79 Å². The second kappa shape index (κ2) is 9.90. The van der Waals surface area contributed by atoms with Gasteiger partial charge in [0.25, 0.3) is 5.91 Å². The van der Waals surface area contributed by atoms with Gasteiger partial charge in [0.2, 0.25) is 0 Å². The van der Waals surface area contributed by atoms with E-state index in [-0.39, 0.29) is 18.3 Å². The maximum Gasteiger partial charge on any atom is 0.260 e. The molecule has 1 heterocycles. The molecule has 0 aliphatic carbocycles. The number of nitrogens with zero attached hydrogens (tertiary/aromatic N) is 3. The number of thiazole rings is 1. The maximum atomic E-state index is 13.4. The molecule has 1 aromatic heterocycles. The van der Waals surface area contributed by atoms with Gasteiger partial charge in [0.1, 0.15) is 0 Å². The van der Waals surface area contributed by atoms with Gasteiger partial charge in [-0.2, -0.15) is 0 Å².